The highest BCUT2D eigenvalue weighted by atomic mass is 16.2. The summed E-state index contributed by atoms with van der Waals surface area (Å²) in [7, 11) is 0. The summed E-state index contributed by atoms with van der Waals surface area (Å²) in [5, 5.41) is 3.04. The SMILES string of the molecule is O=C(NC1CCCN(c2cnc3ccccc3n2)C1)c1cnccn1. The lowest BCUT2D eigenvalue weighted by molar-refractivity contribution is 0.0927. The van der Waals surface area contributed by atoms with E-state index >= 15 is 0 Å². The maximum Gasteiger partial charge on any atom is 0.271 e. The molecule has 0 saturated carbocycles. The zero-order valence-electron chi connectivity index (χ0n) is 13.7. The van der Waals surface area contributed by atoms with E-state index in [0.717, 1.165) is 36.2 Å². The number of amides is 1. The van der Waals surface area contributed by atoms with Crippen LogP contribution in [0.4, 0.5) is 5.82 Å². The predicted octanol–water partition coefficient (Wildman–Crippen LogP) is 1.82. The Balaban J connectivity index is 1.47. The maximum atomic E-state index is 12.3. The van der Waals surface area contributed by atoms with Gasteiger partial charge in [0.15, 0.2) is 0 Å². The fourth-order valence-electron chi connectivity index (χ4n) is 3.08. The molecule has 25 heavy (non-hydrogen) atoms. The third kappa shape index (κ3) is 3.40. The van der Waals surface area contributed by atoms with Gasteiger partial charge in [0.05, 0.1) is 23.4 Å². The Hall–Kier alpha value is -3.09. The van der Waals surface area contributed by atoms with Gasteiger partial charge in [0.2, 0.25) is 0 Å². The summed E-state index contributed by atoms with van der Waals surface area (Å²) < 4.78 is 0. The first-order chi connectivity index (χ1) is 12.3. The molecule has 1 saturated heterocycles. The van der Waals surface area contributed by atoms with Crippen LogP contribution in [0.25, 0.3) is 11.0 Å². The summed E-state index contributed by atoms with van der Waals surface area (Å²) in [4.78, 5) is 31.6. The van der Waals surface area contributed by atoms with Crippen molar-refractivity contribution in [3.05, 3.63) is 54.7 Å². The van der Waals surface area contributed by atoms with Crippen molar-refractivity contribution in [3.63, 3.8) is 0 Å². The monoisotopic (exact) mass is 334 g/mol. The molecule has 1 aliphatic rings. The largest absolute Gasteiger partial charge is 0.353 e. The van der Waals surface area contributed by atoms with Crippen LogP contribution in [0.1, 0.15) is 23.3 Å². The molecular weight excluding hydrogens is 316 g/mol. The molecule has 0 bridgehead atoms. The van der Waals surface area contributed by atoms with Crippen LogP contribution >= 0.6 is 0 Å². The molecule has 1 amide bonds. The average molecular weight is 334 g/mol. The normalized spacial score (nSPS) is 17.4. The second-order valence-corrected chi connectivity index (χ2v) is 6.07. The number of rotatable bonds is 3. The Morgan fingerprint density at radius 1 is 1.12 bits per heavy atom. The Labute approximate surface area is 145 Å². The smallest absolute Gasteiger partial charge is 0.271 e. The van der Waals surface area contributed by atoms with Crippen LogP contribution in [-0.4, -0.2) is 45.0 Å². The van der Waals surface area contributed by atoms with Crippen LogP contribution in [0.2, 0.25) is 0 Å². The van der Waals surface area contributed by atoms with Gasteiger partial charge in [-0.15, -0.1) is 0 Å². The van der Waals surface area contributed by atoms with E-state index in [1.807, 2.05) is 24.3 Å². The van der Waals surface area contributed by atoms with Gasteiger partial charge >= 0.3 is 0 Å². The number of hydrogen-bond acceptors (Lipinski definition) is 6. The summed E-state index contributed by atoms with van der Waals surface area (Å²) >= 11 is 0. The first kappa shape index (κ1) is 15.4. The number of nitrogens with one attached hydrogen (secondary N) is 1. The molecule has 7 heteroatoms. The summed E-state index contributed by atoms with van der Waals surface area (Å²) in [6, 6.07) is 7.88. The molecule has 0 radical (unpaired) electrons. The van der Waals surface area contributed by atoms with E-state index in [1.54, 1.807) is 12.4 Å². The highest BCUT2D eigenvalue weighted by Gasteiger charge is 2.23. The second kappa shape index (κ2) is 6.80. The Kier molecular flexibility index (Phi) is 4.20. The van der Waals surface area contributed by atoms with E-state index in [0.29, 0.717) is 12.2 Å². The van der Waals surface area contributed by atoms with E-state index in [2.05, 4.69) is 25.2 Å². The van der Waals surface area contributed by atoms with Crippen LogP contribution in [-0.2, 0) is 0 Å². The van der Waals surface area contributed by atoms with Gasteiger partial charge in [0.25, 0.3) is 5.91 Å². The molecule has 1 N–H and O–H groups in total. The average Bonchev–Trinajstić information content (AvgIpc) is 2.68. The van der Waals surface area contributed by atoms with Gasteiger partial charge in [-0.1, -0.05) is 12.1 Å². The minimum atomic E-state index is -0.190. The zero-order chi connectivity index (χ0) is 17.1. The Morgan fingerprint density at radius 3 is 2.84 bits per heavy atom. The molecule has 0 spiro atoms. The van der Waals surface area contributed by atoms with Crippen molar-refractivity contribution in [3.8, 4) is 0 Å². The van der Waals surface area contributed by atoms with Gasteiger partial charge in [0.1, 0.15) is 11.5 Å². The number of fused-ring (bicyclic) bond motifs is 1. The predicted molar refractivity (Wildman–Crippen MR) is 94.3 cm³/mol. The second-order valence-electron chi connectivity index (χ2n) is 6.07. The van der Waals surface area contributed by atoms with Gasteiger partial charge < -0.3 is 10.2 Å². The van der Waals surface area contributed by atoms with Crippen molar-refractivity contribution >= 4 is 22.8 Å². The van der Waals surface area contributed by atoms with E-state index in [-0.39, 0.29) is 11.9 Å². The van der Waals surface area contributed by atoms with Crippen molar-refractivity contribution in [2.75, 3.05) is 18.0 Å². The van der Waals surface area contributed by atoms with Crippen LogP contribution < -0.4 is 10.2 Å². The lowest BCUT2D eigenvalue weighted by Gasteiger charge is -2.33. The molecule has 1 atom stereocenters. The van der Waals surface area contributed by atoms with Crippen molar-refractivity contribution in [2.24, 2.45) is 0 Å². The highest BCUT2D eigenvalue weighted by Crippen LogP contribution is 2.20. The van der Waals surface area contributed by atoms with Crippen LogP contribution in [0, 0.1) is 0 Å². The fraction of sp³-hybridized carbons (Fsp3) is 0.278. The fourth-order valence-corrected chi connectivity index (χ4v) is 3.08. The van der Waals surface area contributed by atoms with Gasteiger partial charge in [-0.3, -0.25) is 14.8 Å². The first-order valence-corrected chi connectivity index (χ1v) is 8.33. The molecule has 2 aromatic heterocycles. The Morgan fingerprint density at radius 2 is 2.00 bits per heavy atom. The number of carbonyl (C=O) groups is 1. The number of aromatic nitrogens is 4. The minimum absolute atomic E-state index is 0.0523. The molecule has 7 nitrogen and oxygen atoms in total. The van der Waals surface area contributed by atoms with Crippen LogP contribution in [0.5, 0.6) is 0 Å². The summed E-state index contributed by atoms with van der Waals surface area (Å²) in [5.41, 5.74) is 2.10. The molecular formula is C18H18N6O. The first-order valence-electron chi connectivity index (χ1n) is 8.33. The highest BCUT2D eigenvalue weighted by molar-refractivity contribution is 5.92. The van der Waals surface area contributed by atoms with E-state index in [9.17, 15) is 4.79 Å². The summed E-state index contributed by atoms with van der Waals surface area (Å²) in [6.45, 7) is 1.61. The molecule has 1 aromatic carbocycles. The van der Waals surface area contributed by atoms with Gasteiger partial charge in [0, 0.05) is 31.5 Å². The molecule has 0 aliphatic carbocycles. The molecule has 1 unspecified atom stereocenters. The van der Waals surface area contributed by atoms with Gasteiger partial charge in [-0.05, 0) is 25.0 Å². The van der Waals surface area contributed by atoms with Gasteiger partial charge in [-0.2, -0.15) is 0 Å². The molecule has 3 heterocycles. The maximum absolute atomic E-state index is 12.3. The number of nitrogens with zero attached hydrogens (tertiary/aromatic N) is 5. The number of para-hydroxylation sites is 2. The quantitative estimate of drug-likeness (QED) is 0.786. The number of benzene rings is 1. The summed E-state index contributed by atoms with van der Waals surface area (Å²) in [5.74, 6) is 0.654. The van der Waals surface area contributed by atoms with E-state index in [1.165, 1.54) is 12.4 Å². The van der Waals surface area contributed by atoms with Gasteiger partial charge in [-0.25, -0.2) is 9.97 Å². The van der Waals surface area contributed by atoms with Crippen molar-refractivity contribution in [1.29, 1.82) is 0 Å². The lowest BCUT2D eigenvalue weighted by atomic mass is 10.1. The minimum Gasteiger partial charge on any atom is -0.353 e. The Bertz CT molecular complexity index is 885. The van der Waals surface area contributed by atoms with E-state index < -0.39 is 0 Å². The summed E-state index contributed by atoms with van der Waals surface area (Å²) in [6.07, 6.45) is 8.27. The number of hydrogen-bond donors (Lipinski definition) is 1. The number of piperidine rings is 1. The molecule has 3 aromatic rings. The number of anilines is 1. The molecule has 1 fully saturated rings. The standard InChI is InChI=1S/C18H18N6O/c25-18(16-10-19-7-8-20-16)22-13-4-3-9-24(12-13)17-11-21-14-5-1-2-6-15(14)23-17/h1-2,5-8,10-11,13H,3-4,9,12H2,(H,22,25). The third-order valence-corrected chi connectivity index (χ3v) is 4.31. The van der Waals surface area contributed by atoms with Crippen molar-refractivity contribution in [2.45, 2.75) is 18.9 Å². The molecule has 4 rings (SSSR count). The molecule has 1 aliphatic heterocycles. The third-order valence-electron chi connectivity index (χ3n) is 4.31. The molecule has 126 valence electrons. The zero-order valence-corrected chi connectivity index (χ0v) is 13.7. The van der Waals surface area contributed by atoms with Crippen LogP contribution in [0.15, 0.2) is 49.1 Å². The lowest BCUT2D eigenvalue weighted by Crippen LogP contribution is -2.48. The van der Waals surface area contributed by atoms with Crippen molar-refractivity contribution in [1.82, 2.24) is 25.3 Å². The number of carbonyl (C=O) groups excluding carboxylic acids is 1. The van der Waals surface area contributed by atoms with Crippen molar-refractivity contribution < 1.29 is 4.79 Å². The van der Waals surface area contributed by atoms with Crippen LogP contribution in [0.3, 0.4) is 0 Å². The van der Waals surface area contributed by atoms with E-state index in [4.69, 9.17) is 4.98 Å². The topological polar surface area (TPSA) is 83.9 Å².